The first-order chi connectivity index (χ1) is 12.3. The average Bonchev–Trinajstić information content (AvgIpc) is 3.19. The normalized spacial score (nSPS) is 16.5. The summed E-state index contributed by atoms with van der Waals surface area (Å²) in [6, 6.07) is 19.5. The molecule has 1 fully saturated rings. The highest BCUT2D eigenvalue weighted by Gasteiger charge is 2.17. The zero-order valence-electron chi connectivity index (χ0n) is 14.6. The summed E-state index contributed by atoms with van der Waals surface area (Å²) in [6.07, 6.45) is 0. The van der Waals surface area contributed by atoms with Crippen molar-refractivity contribution in [1.82, 2.24) is 9.91 Å². The Kier molecular flexibility index (Phi) is 4.81. The van der Waals surface area contributed by atoms with Crippen LogP contribution in [0.15, 0.2) is 65.1 Å². The third-order valence-corrected chi connectivity index (χ3v) is 5.77. The van der Waals surface area contributed by atoms with E-state index in [1.807, 2.05) is 0 Å². The Hall–Kier alpha value is -2.17. The molecule has 1 aliphatic rings. The molecule has 0 spiro atoms. The first-order valence-corrected chi connectivity index (χ1v) is 9.70. The van der Waals surface area contributed by atoms with Crippen LogP contribution < -0.4 is 0 Å². The SMILES string of the molecule is C/C(=N\N1CCN(Cc2cccc3ccccc23)CC1)c1cccs1. The van der Waals surface area contributed by atoms with Crippen LogP contribution in [0.3, 0.4) is 0 Å². The lowest BCUT2D eigenvalue weighted by molar-refractivity contribution is 0.131. The second-order valence-corrected chi connectivity index (χ2v) is 7.48. The minimum absolute atomic E-state index is 0.994. The number of hydrazone groups is 1. The van der Waals surface area contributed by atoms with Gasteiger partial charge in [-0.25, -0.2) is 0 Å². The highest BCUT2D eigenvalue weighted by molar-refractivity contribution is 7.12. The van der Waals surface area contributed by atoms with Crippen molar-refractivity contribution in [3.05, 3.63) is 70.4 Å². The van der Waals surface area contributed by atoms with Crippen LogP contribution in [-0.2, 0) is 6.54 Å². The lowest BCUT2D eigenvalue weighted by Gasteiger charge is -2.33. The van der Waals surface area contributed by atoms with E-state index < -0.39 is 0 Å². The number of benzene rings is 2. The molecule has 0 N–H and O–H groups in total. The van der Waals surface area contributed by atoms with Crippen molar-refractivity contribution in [1.29, 1.82) is 0 Å². The Morgan fingerprint density at radius 3 is 2.56 bits per heavy atom. The summed E-state index contributed by atoms with van der Waals surface area (Å²) in [7, 11) is 0. The van der Waals surface area contributed by atoms with Crippen molar-refractivity contribution >= 4 is 27.8 Å². The van der Waals surface area contributed by atoms with E-state index >= 15 is 0 Å². The second kappa shape index (κ2) is 7.38. The van der Waals surface area contributed by atoms with Gasteiger partial charge in [-0.1, -0.05) is 48.5 Å². The van der Waals surface area contributed by atoms with Gasteiger partial charge in [0.15, 0.2) is 0 Å². The van der Waals surface area contributed by atoms with Crippen LogP contribution in [0, 0.1) is 0 Å². The van der Waals surface area contributed by atoms with Crippen LogP contribution in [0.25, 0.3) is 10.8 Å². The predicted molar refractivity (Wildman–Crippen MR) is 107 cm³/mol. The van der Waals surface area contributed by atoms with Crippen molar-refractivity contribution in [3.8, 4) is 0 Å². The number of piperazine rings is 1. The third-order valence-electron chi connectivity index (χ3n) is 4.79. The fourth-order valence-electron chi connectivity index (χ4n) is 3.41. The molecule has 0 aliphatic carbocycles. The number of fused-ring (bicyclic) bond motifs is 1. The molecule has 0 radical (unpaired) electrons. The van der Waals surface area contributed by atoms with Crippen LogP contribution in [-0.4, -0.2) is 41.8 Å². The molecule has 25 heavy (non-hydrogen) atoms. The molecule has 4 heteroatoms. The van der Waals surface area contributed by atoms with Gasteiger partial charge in [0.25, 0.3) is 0 Å². The van der Waals surface area contributed by atoms with E-state index in [1.165, 1.54) is 21.2 Å². The zero-order chi connectivity index (χ0) is 17.1. The van der Waals surface area contributed by atoms with E-state index in [4.69, 9.17) is 5.10 Å². The van der Waals surface area contributed by atoms with Crippen LogP contribution in [0.2, 0.25) is 0 Å². The van der Waals surface area contributed by atoms with Gasteiger partial charge in [0, 0.05) is 37.6 Å². The molecular formula is C21H23N3S. The predicted octanol–water partition coefficient (Wildman–Crippen LogP) is 4.44. The monoisotopic (exact) mass is 349 g/mol. The lowest BCUT2D eigenvalue weighted by Crippen LogP contribution is -2.43. The first kappa shape index (κ1) is 16.3. The van der Waals surface area contributed by atoms with Gasteiger partial charge in [-0.15, -0.1) is 11.3 Å². The van der Waals surface area contributed by atoms with E-state index in [-0.39, 0.29) is 0 Å². The molecule has 3 aromatic rings. The Morgan fingerprint density at radius 2 is 1.76 bits per heavy atom. The summed E-state index contributed by atoms with van der Waals surface area (Å²) in [4.78, 5) is 3.80. The van der Waals surface area contributed by atoms with Crippen LogP contribution in [0.5, 0.6) is 0 Å². The highest BCUT2D eigenvalue weighted by atomic mass is 32.1. The van der Waals surface area contributed by atoms with E-state index in [2.05, 4.69) is 76.8 Å². The minimum Gasteiger partial charge on any atom is -0.295 e. The maximum absolute atomic E-state index is 4.80. The Labute approximate surface area is 153 Å². The fourth-order valence-corrected chi connectivity index (χ4v) is 4.08. The number of nitrogens with zero attached hydrogens (tertiary/aromatic N) is 3. The summed E-state index contributed by atoms with van der Waals surface area (Å²) in [5, 5.41) is 11.8. The quantitative estimate of drug-likeness (QED) is 0.648. The Bertz CT molecular complexity index is 856. The van der Waals surface area contributed by atoms with E-state index in [9.17, 15) is 0 Å². The average molecular weight is 350 g/mol. The van der Waals surface area contributed by atoms with Crippen molar-refractivity contribution in [3.63, 3.8) is 0 Å². The Balaban J connectivity index is 1.40. The third kappa shape index (κ3) is 3.75. The molecule has 1 aliphatic heterocycles. The van der Waals surface area contributed by atoms with Gasteiger partial charge < -0.3 is 0 Å². The zero-order valence-corrected chi connectivity index (χ0v) is 15.4. The van der Waals surface area contributed by atoms with Gasteiger partial charge >= 0.3 is 0 Å². The van der Waals surface area contributed by atoms with Gasteiger partial charge in [0.05, 0.1) is 5.71 Å². The van der Waals surface area contributed by atoms with E-state index in [1.54, 1.807) is 11.3 Å². The maximum Gasteiger partial charge on any atom is 0.0746 e. The largest absolute Gasteiger partial charge is 0.295 e. The molecule has 4 rings (SSSR count). The van der Waals surface area contributed by atoms with E-state index in [0.29, 0.717) is 0 Å². The standard InChI is InChI=1S/C21H23N3S/c1-17(21-10-5-15-25-21)22-24-13-11-23(12-14-24)16-19-8-4-7-18-6-2-3-9-20(18)19/h2-10,15H,11-14,16H2,1H3/b22-17+. The molecule has 128 valence electrons. The van der Waals surface area contributed by atoms with Gasteiger partial charge in [0.1, 0.15) is 0 Å². The number of hydrogen-bond donors (Lipinski definition) is 0. The van der Waals surface area contributed by atoms with Gasteiger partial charge in [-0.2, -0.15) is 5.10 Å². The molecule has 2 heterocycles. The summed E-state index contributed by atoms with van der Waals surface area (Å²) in [5.74, 6) is 0. The summed E-state index contributed by atoms with van der Waals surface area (Å²) < 4.78 is 0. The lowest BCUT2D eigenvalue weighted by atomic mass is 10.0. The molecule has 3 nitrogen and oxygen atoms in total. The smallest absolute Gasteiger partial charge is 0.0746 e. The first-order valence-electron chi connectivity index (χ1n) is 8.82. The van der Waals surface area contributed by atoms with Crippen molar-refractivity contribution in [2.45, 2.75) is 13.5 Å². The number of thiophene rings is 1. The number of rotatable bonds is 4. The van der Waals surface area contributed by atoms with E-state index in [0.717, 1.165) is 38.4 Å². The van der Waals surface area contributed by atoms with Gasteiger partial charge in [0.2, 0.25) is 0 Å². The Morgan fingerprint density at radius 1 is 0.960 bits per heavy atom. The highest BCUT2D eigenvalue weighted by Crippen LogP contribution is 2.20. The minimum atomic E-state index is 0.994. The second-order valence-electron chi connectivity index (χ2n) is 6.53. The van der Waals surface area contributed by atoms with Crippen LogP contribution in [0.1, 0.15) is 17.4 Å². The molecule has 0 unspecified atom stereocenters. The molecular weight excluding hydrogens is 326 g/mol. The summed E-state index contributed by atoms with van der Waals surface area (Å²) >= 11 is 1.76. The van der Waals surface area contributed by atoms with Crippen LogP contribution >= 0.6 is 11.3 Å². The number of hydrogen-bond acceptors (Lipinski definition) is 4. The topological polar surface area (TPSA) is 18.8 Å². The summed E-state index contributed by atoms with van der Waals surface area (Å²) in [6.45, 7) is 7.23. The molecule has 0 atom stereocenters. The maximum atomic E-state index is 4.80. The molecule has 2 aromatic carbocycles. The van der Waals surface area contributed by atoms with Gasteiger partial charge in [-0.05, 0) is 34.7 Å². The molecule has 1 saturated heterocycles. The summed E-state index contributed by atoms with van der Waals surface area (Å²) in [5.41, 5.74) is 2.54. The van der Waals surface area contributed by atoms with Crippen molar-refractivity contribution in [2.24, 2.45) is 5.10 Å². The molecule has 0 amide bonds. The van der Waals surface area contributed by atoms with Crippen molar-refractivity contribution < 1.29 is 0 Å². The van der Waals surface area contributed by atoms with Crippen molar-refractivity contribution in [2.75, 3.05) is 26.2 Å². The van der Waals surface area contributed by atoms with Crippen LogP contribution in [0.4, 0.5) is 0 Å². The fraction of sp³-hybridized carbons (Fsp3) is 0.286. The van der Waals surface area contributed by atoms with Gasteiger partial charge in [-0.3, -0.25) is 9.91 Å². The molecule has 0 saturated carbocycles. The molecule has 0 bridgehead atoms. The molecule has 1 aromatic heterocycles.